The van der Waals surface area contributed by atoms with Crippen molar-refractivity contribution in [3.63, 3.8) is 0 Å². The van der Waals surface area contributed by atoms with Gasteiger partial charge >= 0.3 is 0 Å². The Morgan fingerprint density at radius 1 is 1.00 bits per heavy atom. The molecule has 0 atom stereocenters. The largest absolute Gasteiger partial charge is 0.348 e. The second-order valence-electron chi connectivity index (χ2n) is 6.73. The van der Waals surface area contributed by atoms with Crippen LogP contribution in [0.3, 0.4) is 0 Å². The van der Waals surface area contributed by atoms with Gasteiger partial charge in [-0.15, -0.1) is 0 Å². The van der Waals surface area contributed by atoms with E-state index in [2.05, 4.69) is 15.6 Å². The fraction of sp³-hybridized carbons (Fsp3) is 0.333. The Morgan fingerprint density at radius 2 is 1.70 bits per heavy atom. The molecule has 0 saturated heterocycles. The molecule has 2 amide bonds. The number of hydrogen-bond acceptors (Lipinski definition) is 4. The zero-order valence-corrected chi connectivity index (χ0v) is 15.1. The predicted octanol–water partition coefficient (Wildman–Crippen LogP) is 3.66. The van der Waals surface area contributed by atoms with Crippen molar-refractivity contribution < 1.29 is 9.59 Å². The molecule has 6 heteroatoms. The zero-order valence-electron chi connectivity index (χ0n) is 15.1. The number of carbonyl (C=O) groups is 2. The first kappa shape index (κ1) is 18.6. The maximum atomic E-state index is 12.5. The maximum Gasteiger partial charge on any atom is 0.270 e. The van der Waals surface area contributed by atoms with Crippen molar-refractivity contribution in [2.45, 2.75) is 44.6 Å². The van der Waals surface area contributed by atoms with E-state index in [-0.39, 0.29) is 23.6 Å². The van der Waals surface area contributed by atoms with Crippen LogP contribution in [0.4, 0.5) is 5.69 Å². The number of amides is 2. The van der Waals surface area contributed by atoms with E-state index in [1.54, 1.807) is 30.3 Å². The lowest BCUT2D eigenvalue weighted by atomic mass is 10.1. The van der Waals surface area contributed by atoms with Crippen molar-refractivity contribution in [1.29, 1.82) is 5.26 Å². The number of benzene rings is 1. The monoisotopic (exact) mass is 362 g/mol. The third-order valence-electron chi connectivity index (χ3n) is 4.72. The molecule has 1 saturated carbocycles. The third-order valence-corrected chi connectivity index (χ3v) is 4.72. The van der Waals surface area contributed by atoms with Gasteiger partial charge in [0.25, 0.3) is 11.8 Å². The highest BCUT2D eigenvalue weighted by atomic mass is 16.2. The van der Waals surface area contributed by atoms with E-state index in [1.165, 1.54) is 25.1 Å². The highest BCUT2D eigenvalue weighted by molar-refractivity contribution is 6.05. The van der Waals surface area contributed by atoms with Crippen LogP contribution in [0, 0.1) is 11.3 Å². The van der Waals surface area contributed by atoms with Crippen molar-refractivity contribution in [2.75, 3.05) is 5.32 Å². The van der Waals surface area contributed by atoms with E-state index in [9.17, 15) is 9.59 Å². The number of anilines is 1. The fourth-order valence-electron chi connectivity index (χ4n) is 3.21. The fourth-order valence-corrected chi connectivity index (χ4v) is 3.21. The van der Waals surface area contributed by atoms with Gasteiger partial charge < -0.3 is 10.6 Å². The second-order valence-corrected chi connectivity index (χ2v) is 6.73. The van der Waals surface area contributed by atoms with E-state index in [0.717, 1.165) is 25.7 Å². The van der Waals surface area contributed by atoms with Gasteiger partial charge in [-0.2, -0.15) is 5.26 Å². The average Bonchev–Trinajstić information content (AvgIpc) is 2.97. The first-order valence-electron chi connectivity index (χ1n) is 9.24. The van der Waals surface area contributed by atoms with E-state index >= 15 is 0 Å². The molecule has 1 aromatic carbocycles. The Bertz CT molecular complexity index is 847. The molecule has 2 aromatic rings. The summed E-state index contributed by atoms with van der Waals surface area (Å²) in [6.07, 6.45) is 8.15. The predicted molar refractivity (Wildman–Crippen MR) is 102 cm³/mol. The molecule has 3 rings (SSSR count). The van der Waals surface area contributed by atoms with Crippen LogP contribution in [-0.4, -0.2) is 22.8 Å². The van der Waals surface area contributed by atoms with E-state index < -0.39 is 0 Å². The molecule has 0 unspecified atom stereocenters. The van der Waals surface area contributed by atoms with Crippen LogP contribution < -0.4 is 10.6 Å². The van der Waals surface area contributed by atoms with Crippen molar-refractivity contribution in [2.24, 2.45) is 0 Å². The topological polar surface area (TPSA) is 94.9 Å². The van der Waals surface area contributed by atoms with Crippen molar-refractivity contribution in [3.8, 4) is 6.07 Å². The highest BCUT2D eigenvalue weighted by Gasteiger charge is 2.17. The molecule has 1 aromatic heterocycles. The molecular formula is C21H22N4O2. The van der Waals surface area contributed by atoms with Crippen molar-refractivity contribution >= 4 is 17.5 Å². The smallest absolute Gasteiger partial charge is 0.270 e. The quantitative estimate of drug-likeness (QED) is 0.812. The Labute approximate surface area is 158 Å². The molecule has 1 fully saturated rings. The van der Waals surface area contributed by atoms with Gasteiger partial charge in [0.05, 0.1) is 11.6 Å². The lowest BCUT2D eigenvalue weighted by Gasteiger charge is -2.16. The van der Waals surface area contributed by atoms with Crippen LogP contribution >= 0.6 is 0 Å². The first-order valence-corrected chi connectivity index (χ1v) is 9.24. The number of pyridine rings is 1. The summed E-state index contributed by atoms with van der Waals surface area (Å²) < 4.78 is 0. The van der Waals surface area contributed by atoms with Crippen LogP contribution in [0.5, 0.6) is 0 Å². The molecular weight excluding hydrogens is 340 g/mol. The average molecular weight is 362 g/mol. The van der Waals surface area contributed by atoms with Gasteiger partial charge in [0.2, 0.25) is 0 Å². The van der Waals surface area contributed by atoms with Gasteiger partial charge in [-0.25, -0.2) is 0 Å². The number of rotatable bonds is 4. The van der Waals surface area contributed by atoms with Crippen LogP contribution in [0.1, 0.15) is 64.9 Å². The molecule has 138 valence electrons. The van der Waals surface area contributed by atoms with Gasteiger partial charge in [-0.3, -0.25) is 14.6 Å². The Morgan fingerprint density at radius 3 is 2.37 bits per heavy atom. The van der Waals surface area contributed by atoms with Crippen molar-refractivity contribution in [1.82, 2.24) is 10.3 Å². The van der Waals surface area contributed by atoms with Gasteiger partial charge in [0.15, 0.2) is 0 Å². The molecule has 0 bridgehead atoms. The number of nitrogens with one attached hydrogen (secondary N) is 2. The lowest BCUT2D eigenvalue weighted by Crippen LogP contribution is -2.35. The highest BCUT2D eigenvalue weighted by Crippen LogP contribution is 2.18. The number of carbonyl (C=O) groups excluding carboxylic acids is 2. The Hall–Kier alpha value is -3.20. The van der Waals surface area contributed by atoms with Crippen LogP contribution in [0.15, 0.2) is 42.6 Å². The summed E-state index contributed by atoms with van der Waals surface area (Å²) in [5, 5.41) is 14.6. The van der Waals surface area contributed by atoms with Gasteiger partial charge in [-0.05, 0) is 49.2 Å². The SMILES string of the molecule is N#Cc1ccc(NC(=O)c2ccnc(C(=O)NC3CCCCCC3)c2)cc1. The molecule has 0 radical (unpaired) electrons. The molecule has 27 heavy (non-hydrogen) atoms. The molecule has 0 aliphatic heterocycles. The Kier molecular flexibility index (Phi) is 6.16. The van der Waals surface area contributed by atoms with Crippen molar-refractivity contribution in [3.05, 3.63) is 59.4 Å². The number of aromatic nitrogens is 1. The summed E-state index contributed by atoms with van der Waals surface area (Å²) in [4.78, 5) is 29.0. The molecule has 0 spiro atoms. The van der Waals surface area contributed by atoms with Gasteiger partial charge in [-0.1, -0.05) is 25.7 Å². The van der Waals surface area contributed by atoms with E-state index in [0.29, 0.717) is 16.8 Å². The Balaban J connectivity index is 1.65. The maximum absolute atomic E-state index is 12.5. The summed E-state index contributed by atoms with van der Waals surface area (Å²) in [6, 6.07) is 11.9. The minimum absolute atomic E-state index is 0.179. The molecule has 1 aliphatic carbocycles. The summed E-state index contributed by atoms with van der Waals surface area (Å²) in [5.41, 5.74) is 1.71. The number of hydrogen-bond donors (Lipinski definition) is 2. The molecule has 1 aliphatic rings. The second kappa shape index (κ2) is 8.95. The van der Waals surface area contributed by atoms with E-state index in [1.807, 2.05) is 6.07 Å². The van der Waals surface area contributed by atoms with E-state index in [4.69, 9.17) is 5.26 Å². The standard InChI is InChI=1S/C21H22N4O2/c22-14-15-7-9-18(10-8-15)24-20(26)16-11-12-23-19(13-16)21(27)25-17-5-3-1-2-4-6-17/h7-13,17H,1-6H2,(H,24,26)(H,25,27). The minimum atomic E-state index is -0.328. The summed E-state index contributed by atoms with van der Waals surface area (Å²) >= 11 is 0. The van der Waals surface area contributed by atoms with Crippen LogP contribution in [-0.2, 0) is 0 Å². The van der Waals surface area contributed by atoms with Crippen LogP contribution in [0.25, 0.3) is 0 Å². The molecule has 1 heterocycles. The van der Waals surface area contributed by atoms with Crippen LogP contribution in [0.2, 0.25) is 0 Å². The zero-order chi connectivity index (χ0) is 19.1. The van der Waals surface area contributed by atoms with Gasteiger partial charge in [0.1, 0.15) is 5.69 Å². The molecule has 6 nitrogen and oxygen atoms in total. The minimum Gasteiger partial charge on any atom is -0.348 e. The van der Waals surface area contributed by atoms with Gasteiger partial charge in [0, 0.05) is 23.5 Å². The normalized spacial score (nSPS) is 14.6. The summed E-state index contributed by atoms with van der Waals surface area (Å²) in [5.74, 6) is -0.569. The number of nitrogens with zero attached hydrogens (tertiary/aromatic N) is 2. The third kappa shape index (κ3) is 5.14. The first-order chi connectivity index (χ1) is 13.2. The lowest BCUT2D eigenvalue weighted by molar-refractivity contribution is 0.0928. The number of nitriles is 1. The molecule has 2 N–H and O–H groups in total. The summed E-state index contributed by atoms with van der Waals surface area (Å²) in [7, 11) is 0. The summed E-state index contributed by atoms with van der Waals surface area (Å²) in [6.45, 7) is 0.